The van der Waals surface area contributed by atoms with Crippen molar-refractivity contribution in [2.75, 3.05) is 33.4 Å². The lowest BCUT2D eigenvalue weighted by atomic mass is 10.1. The van der Waals surface area contributed by atoms with Crippen molar-refractivity contribution >= 4 is 34.5 Å². The van der Waals surface area contributed by atoms with Gasteiger partial charge in [0, 0.05) is 24.2 Å². The lowest BCUT2D eigenvalue weighted by Crippen LogP contribution is -2.40. The lowest BCUT2D eigenvalue weighted by molar-refractivity contribution is 0.0303. The van der Waals surface area contributed by atoms with Gasteiger partial charge in [0.15, 0.2) is 0 Å². The summed E-state index contributed by atoms with van der Waals surface area (Å²) in [5.74, 6) is -0.347. The van der Waals surface area contributed by atoms with E-state index in [1.54, 1.807) is 12.1 Å². The molecular formula is C22H20IN3O4. The third kappa shape index (κ3) is 4.24. The van der Waals surface area contributed by atoms with Gasteiger partial charge in [-0.2, -0.15) is 5.10 Å². The minimum Gasteiger partial charge on any atom is -0.465 e. The van der Waals surface area contributed by atoms with Crippen molar-refractivity contribution in [2.24, 2.45) is 0 Å². The molecule has 154 valence electrons. The molecule has 2 aromatic carbocycles. The van der Waals surface area contributed by atoms with Crippen LogP contribution in [-0.2, 0) is 9.47 Å². The quantitative estimate of drug-likeness (QED) is 0.392. The number of benzene rings is 2. The van der Waals surface area contributed by atoms with E-state index in [9.17, 15) is 9.59 Å². The Morgan fingerprint density at radius 2 is 1.63 bits per heavy atom. The highest BCUT2D eigenvalue weighted by Gasteiger charge is 2.18. The fourth-order valence-electron chi connectivity index (χ4n) is 3.27. The van der Waals surface area contributed by atoms with Crippen LogP contribution in [0.2, 0.25) is 0 Å². The number of halogens is 1. The molecule has 1 aliphatic rings. The van der Waals surface area contributed by atoms with Crippen LogP contribution in [0.15, 0.2) is 54.6 Å². The summed E-state index contributed by atoms with van der Waals surface area (Å²) in [6, 6.07) is 16.6. The summed E-state index contributed by atoms with van der Waals surface area (Å²) >= 11 is 2.23. The number of nitrogens with zero attached hydrogens (tertiary/aromatic N) is 3. The van der Waals surface area contributed by atoms with Crippen molar-refractivity contribution < 1.29 is 19.1 Å². The number of carbonyl (C=O) groups excluding carboxylic acids is 2. The second kappa shape index (κ2) is 8.97. The van der Waals surface area contributed by atoms with Crippen LogP contribution in [0.5, 0.6) is 0 Å². The van der Waals surface area contributed by atoms with Crippen molar-refractivity contribution in [3.63, 3.8) is 0 Å². The number of carbonyl (C=O) groups is 2. The first kappa shape index (κ1) is 20.5. The minimum atomic E-state index is -0.367. The molecule has 1 fully saturated rings. The molecule has 0 bridgehead atoms. The summed E-state index contributed by atoms with van der Waals surface area (Å²) in [7, 11) is 1.36. The van der Waals surface area contributed by atoms with Crippen LogP contribution in [0, 0.1) is 3.70 Å². The average Bonchev–Trinajstić information content (AvgIpc) is 3.20. The molecule has 0 unspecified atom stereocenters. The first-order valence-corrected chi connectivity index (χ1v) is 10.6. The van der Waals surface area contributed by atoms with E-state index in [1.165, 1.54) is 7.11 Å². The van der Waals surface area contributed by atoms with Crippen LogP contribution in [0.25, 0.3) is 16.9 Å². The molecule has 8 heteroatoms. The summed E-state index contributed by atoms with van der Waals surface area (Å²) in [6.45, 7) is 2.41. The van der Waals surface area contributed by atoms with Crippen molar-refractivity contribution in [3.05, 3.63) is 69.4 Å². The molecule has 0 aliphatic carbocycles. The fourth-order valence-corrected chi connectivity index (χ4v) is 3.95. The Bertz CT molecular complexity index is 1050. The van der Waals surface area contributed by atoms with Crippen molar-refractivity contribution in [1.82, 2.24) is 14.7 Å². The Labute approximate surface area is 187 Å². The van der Waals surface area contributed by atoms with Gasteiger partial charge in [-0.25, -0.2) is 9.48 Å². The Kier molecular flexibility index (Phi) is 6.14. The predicted molar refractivity (Wildman–Crippen MR) is 120 cm³/mol. The number of morpholine rings is 1. The minimum absolute atomic E-state index is 0.0198. The largest absolute Gasteiger partial charge is 0.465 e. The molecule has 0 spiro atoms. The fraction of sp³-hybridized carbons (Fsp3) is 0.227. The predicted octanol–water partition coefficient (Wildman–Crippen LogP) is 3.40. The molecule has 1 saturated heterocycles. The number of amides is 1. The van der Waals surface area contributed by atoms with Crippen LogP contribution in [0.1, 0.15) is 20.7 Å². The molecule has 1 aliphatic heterocycles. The molecule has 1 amide bonds. The maximum absolute atomic E-state index is 12.6. The van der Waals surface area contributed by atoms with Gasteiger partial charge < -0.3 is 14.4 Å². The van der Waals surface area contributed by atoms with Gasteiger partial charge in [0.2, 0.25) is 0 Å². The smallest absolute Gasteiger partial charge is 0.337 e. The van der Waals surface area contributed by atoms with E-state index in [2.05, 4.69) is 22.6 Å². The highest BCUT2D eigenvalue weighted by molar-refractivity contribution is 14.1. The highest BCUT2D eigenvalue weighted by atomic mass is 127. The van der Waals surface area contributed by atoms with E-state index < -0.39 is 0 Å². The van der Waals surface area contributed by atoms with Gasteiger partial charge in [-0.1, -0.05) is 12.1 Å². The van der Waals surface area contributed by atoms with Gasteiger partial charge >= 0.3 is 5.97 Å². The number of methoxy groups -OCH3 is 1. The summed E-state index contributed by atoms with van der Waals surface area (Å²) in [5, 5.41) is 4.69. The summed E-state index contributed by atoms with van der Waals surface area (Å²) in [4.78, 5) is 26.0. The van der Waals surface area contributed by atoms with Gasteiger partial charge in [-0.3, -0.25) is 4.79 Å². The molecule has 30 heavy (non-hydrogen) atoms. The zero-order valence-electron chi connectivity index (χ0n) is 16.4. The van der Waals surface area contributed by atoms with Crippen LogP contribution in [-0.4, -0.2) is 60.0 Å². The summed E-state index contributed by atoms with van der Waals surface area (Å²) < 4.78 is 12.8. The molecule has 7 nitrogen and oxygen atoms in total. The van der Waals surface area contributed by atoms with Crippen molar-refractivity contribution in [2.45, 2.75) is 0 Å². The Hall–Kier alpha value is -2.72. The molecule has 3 aromatic rings. The van der Waals surface area contributed by atoms with Crippen molar-refractivity contribution in [3.8, 4) is 16.9 Å². The molecule has 1 aromatic heterocycles. The lowest BCUT2D eigenvalue weighted by Gasteiger charge is -2.26. The van der Waals surface area contributed by atoms with E-state index in [0.29, 0.717) is 37.4 Å². The number of rotatable bonds is 4. The van der Waals surface area contributed by atoms with Crippen LogP contribution in [0.4, 0.5) is 0 Å². The number of ether oxygens (including phenoxy) is 2. The van der Waals surface area contributed by atoms with Gasteiger partial charge in [0.25, 0.3) is 5.91 Å². The van der Waals surface area contributed by atoms with E-state index in [0.717, 1.165) is 20.6 Å². The number of hydrogen-bond acceptors (Lipinski definition) is 5. The Balaban J connectivity index is 1.54. The topological polar surface area (TPSA) is 73.7 Å². The molecule has 4 rings (SSSR count). The van der Waals surface area contributed by atoms with E-state index in [-0.39, 0.29) is 11.9 Å². The van der Waals surface area contributed by atoms with Crippen LogP contribution >= 0.6 is 22.6 Å². The monoisotopic (exact) mass is 517 g/mol. The highest BCUT2D eigenvalue weighted by Crippen LogP contribution is 2.24. The first-order chi connectivity index (χ1) is 14.6. The molecule has 0 radical (unpaired) electrons. The Morgan fingerprint density at radius 1 is 1.00 bits per heavy atom. The average molecular weight is 517 g/mol. The van der Waals surface area contributed by atoms with Gasteiger partial charge in [0.05, 0.1) is 37.3 Å². The standard InChI is InChI=1S/C22H20IN3O4/c1-29-22(28)17-4-2-15(3-5-17)19-14-20(23)26(24-19)18-8-6-16(7-9-18)21(27)25-10-12-30-13-11-25/h2-9,14H,10-13H2,1H3. The number of aromatic nitrogens is 2. The van der Waals surface area contributed by atoms with Crippen LogP contribution in [0.3, 0.4) is 0 Å². The second-order valence-electron chi connectivity index (χ2n) is 6.78. The van der Waals surface area contributed by atoms with E-state index >= 15 is 0 Å². The maximum atomic E-state index is 12.6. The zero-order chi connectivity index (χ0) is 21.1. The zero-order valence-corrected chi connectivity index (χ0v) is 18.5. The van der Waals surface area contributed by atoms with E-state index in [4.69, 9.17) is 14.6 Å². The SMILES string of the molecule is COC(=O)c1ccc(-c2cc(I)n(-c3ccc(C(=O)N4CCOCC4)cc3)n2)cc1. The van der Waals surface area contributed by atoms with Crippen molar-refractivity contribution in [1.29, 1.82) is 0 Å². The van der Waals surface area contributed by atoms with Gasteiger partial charge in [0.1, 0.15) is 3.70 Å². The Morgan fingerprint density at radius 3 is 2.27 bits per heavy atom. The number of hydrogen-bond donors (Lipinski definition) is 0. The normalized spacial score (nSPS) is 13.9. The van der Waals surface area contributed by atoms with E-state index in [1.807, 2.05) is 52.0 Å². The molecule has 0 saturated carbocycles. The maximum Gasteiger partial charge on any atom is 0.337 e. The van der Waals surface area contributed by atoms with Crippen LogP contribution < -0.4 is 0 Å². The third-order valence-electron chi connectivity index (χ3n) is 4.92. The molecule has 2 heterocycles. The molecule has 0 atom stereocenters. The molecule has 0 N–H and O–H groups in total. The number of esters is 1. The summed E-state index contributed by atoms with van der Waals surface area (Å²) in [6.07, 6.45) is 0. The first-order valence-electron chi connectivity index (χ1n) is 9.48. The molecular weight excluding hydrogens is 497 g/mol. The summed E-state index contributed by atoms with van der Waals surface area (Å²) in [5.41, 5.74) is 3.72. The third-order valence-corrected chi connectivity index (χ3v) is 5.69. The van der Waals surface area contributed by atoms with Gasteiger partial charge in [-0.05, 0) is 65.1 Å². The second-order valence-corrected chi connectivity index (χ2v) is 7.89. The van der Waals surface area contributed by atoms with Gasteiger partial charge in [-0.15, -0.1) is 0 Å².